The minimum atomic E-state index is -2.04. The Kier molecular flexibility index (Phi) is 3.54. The maximum atomic E-state index is 13.7. The SMILES string of the molecule is CC12CC3CC(C)(C1)CC(NCC(F)CS(=O)O)(C3)C2. The molecule has 0 aromatic carbocycles. The lowest BCUT2D eigenvalue weighted by Crippen LogP contribution is -2.64. The first-order valence-electron chi connectivity index (χ1n) is 7.68. The van der Waals surface area contributed by atoms with E-state index in [0.29, 0.717) is 10.8 Å². The largest absolute Gasteiger partial charge is 0.308 e. The highest BCUT2D eigenvalue weighted by atomic mass is 32.2. The van der Waals surface area contributed by atoms with E-state index in [1.54, 1.807) is 0 Å². The van der Waals surface area contributed by atoms with E-state index in [4.69, 9.17) is 4.55 Å². The van der Waals surface area contributed by atoms with Crippen molar-refractivity contribution in [2.24, 2.45) is 16.7 Å². The van der Waals surface area contributed by atoms with Crippen LogP contribution in [-0.4, -0.2) is 32.8 Å². The molecule has 0 radical (unpaired) electrons. The fraction of sp³-hybridized carbons (Fsp3) is 1.00. The summed E-state index contributed by atoms with van der Waals surface area (Å²) in [7, 11) is 0. The van der Waals surface area contributed by atoms with Crippen LogP contribution in [0.25, 0.3) is 0 Å². The highest BCUT2D eigenvalue weighted by molar-refractivity contribution is 7.79. The quantitative estimate of drug-likeness (QED) is 0.768. The molecule has 4 rings (SSSR count). The molecule has 0 aromatic heterocycles. The van der Waals surface area contributed by atoms with E-state index in [1.165, 1.54) is 19.3 Å². The fourth-order valence-corrected chi connectivity index (χ4v) is 6.61. The summed E-state index contributed by atoms with van der Waals surface area (Å²) in [5, 5.41) is 3.46. The molecule has 4 atom stereocenters. The van der Waals surface area contributed by atoms with Gasteiger partial charge in [-0.3, -0.25) is 0 Å². The van der Waals surface area contributed by atoms with Gasteiger partial charge in [0.05, 0.1) is 5.75 Å². The highest BCUT2D eigenvalue weighted by Gasteiger charge is 2.59. The number of hydrogen-bond acceptors (Lipinski definition) is 2. The zero-order valence-electron chi connectivity index (χ0n) is 12.5. The monoisotopic (exact) mass is 303 g/mol. The van der Waals surface area contributed by atoms with Crippen molar-refractivity contribution >= 4 is 11.1 Å². The lowest BCUT2D eigenvalue weighted by atomic mass is 9.43. The van der Waals surface area contributed by atoms with Crippen LogP contribution < -0.4 is 5.32 Å². The summed E-state index contributed by atoms with van der Waals surface area (Å²) in [5.41, 5.74) is 0.893. The van der Waals surface area contributed by atoms with Gasteiger partial charge in [0.15, 0.2) is 11.1 Å². The molecule has 0 saturated heterocycles. The number of alkyl halides is 1. The normalized spacial score (nSPS) is 49.3. The Labute approximate surface area is 123 Å². The average molecular weight is 303 g/mol. The predicted molar refractivity (Wildman–Crippen MR) is 78.7 cm³/mol. The molecule has 4 fully saturated rings. The van der Waals surface area contributed by atoms with Crippen LogP contribution in [0.2, 0.25) is 0 Å². The molecular formula is C15H26FNO2S. The molecule has 4 aliphatic rings. The Bertz CT molecular complexity index is 412. The minimum Gasteiger partial charge on any atom is -0.308 e. The molecular weight excluding hydrogens is 277 g/mol. The molecule has 20 heavy (non-hydrogen) atoms. The van der Waals surface area contributed by atoms with Crippen molar-refractivity contribution in [3.05, 3.63) is 0 Å². The second-order valence-corrected chi connectivity index (χ2v) is 9.35. The number of nitrogens with one attached hydrogen (secondary N) is 1. The van der Waals surface area contributed by atoms with Gasteiger partial charge in [-0.2, -0.15) is 0 Å². The molecule has 4 aliphatic carbocycles. The van der Waals surface area contributed by atoms with Gasteiger partial charge < -0.3 is 9.87 Å². The third-order valence-corrected chi connectivity index (χ3v) is 6.30. The molecule has 0 aromatic rings. The van der Waals surface area contributed by atoms with Crippen LogP contribution in [0.15, 0.2) is 0 Å². The van der Waals surface area contributed by atoms with Crippen LogP contribution in [0.3, 0.4) is 0 Å². The molecule has 4 unspecified atom stereocenters. The fourth-order valence-electron chi connectivity index (χ4n) is 6.19. The van der Waals surface area contributed by atoms with E-state index >= 15 is 0 Å². The smallest absolute Gasteiger partial charge is 0.155 e. The van der Waals surface area contributed by atoms with Crippen LogP contribution in [-0.2, 0) is 11.1 Å². The van der Waals surface area contributed by atoms with Crippen molar-refractivity contribution in [3.63, 3.8) is 0 Å². The molecule has 0 amide bonds. The van der Waals surface area contributed by atoms with Gasteiger partial charge in [-0.1, -0.05) is 13.8 Å². The molecule has 5 heteroatoms. The van der Waals surface area contributed by atoms with Crippen molar-refractivity contribution in [1.29, 1.82) is 0 Å². The lowest BCUT2D eigenvalue weighted by Gasteiger charge is -2.65. The summed E-state index contributed by atoms with van der Waals surface area (Å²) < 4.78 is 33.2. The average Bonchev–Trinajstić information content (AvgIpc) is 2.20. The Morgan fingerprint density at radius 1 is 1.25 bits per heavy atom. The van der Waals surface area contributed by atoms with Crippen LogP contribution >= 0.6 is 0 Å². The minimum absolute atomic E-state index is 0.0736. The van der Waals surface area contributed by atoms with E-state index in [9.17, 15) is 8.60 Å². The van der Waals surface area contributed by atoms with Crippen molar-refractivity contribution in [2.45, 2.75) is 64.1 Å². The van der Waals surface area contributed by atoms with Gasteiger partial charge in [0.2, 0.25) is 0 Å². The van der Waals surface area contributed by atoms with Crippen LogP contribution in [0.5, 0.6) is 0 Å². The van der Waals surface area contributed by atoms with E-state index in [1.807, 2.05) is 0 Å². The molecule has 2 N–H and O–H groups in total. The van der Waals surface area contributed by atoms with E-state index in [0.717, 1.165) is 25.2 Å². The second-order valence-electron chi connectivity index (χ2n) is 8.38. The van der Waals surface area contributed by atoms with Gasteiger partial charge in [-0.15, -0.1) is 0 Å². The lowest BCUT2D eigenvalue weighted by molar-refractivity contribution is -0.118. The number of rotatable bonds is 5. The number of halogens is 1. The first-order valence-corrected chi connectivity index (χ1v) is 8.96. The van der Waals surface area contributed by atoms with E-state index < -0.39 is 17.3 Å². The van der Waals surface area contributed by atoms with Crippen molar-refractivity contribution in [1.82, 2.24) is 5.32 Å². The van der Waals surface area contributed by atoms with Crippen LogP contribution in [0, 0.1) is 16.7 Å². The van der Waals surface area contributed by atoms with Gasteiger partial charge in [-0.25, -0.2) is 8.60 Å². The number of hydrogen-bond donors (Lipinski definition) is 2. The first kappa shape index (κ1) is 14.9. The van der Waals surface area contributed by atoms with Crippen LogP contribution in [0.4, 0.5) is 4.39 Å². The Morgan fingerprint density at radius 2 is 1.85 bits per heavy atom. The zero-order chi connectivity index (χ0) is 14.6. The zero-order valence-corrected chi connectivity index (χ0v) is 13.3. The summed E-state index contributed by atoms with van der Waals surface area (Å²) in [5.74, 6) is 0.500. The third-order valence-electron chi connectivity index (χ3n) is 5.65. The Morgan fingerprint density at radius 3 is 2.35 bits per heavy atom. The standard InChI is InChI=1S/C15H26FNO2S/c1-13-3-11-4-14(2,8-13)10-15(5-11,9-13)17-6-12(16)7-20(18)19/h11-12,17H,3-10H2,1-2H3,(H,18,19). The van der Waals surface area contributed by atoms with Gasteiger partial charge in [0.1, 0.15) is 6.17 Å². The summed E-state index contributed by atoms with van der Waals surface area (Å²) in [6, 6.07) is 0. The van der Waals surface area contributed by atoms with Gasteiger partial charge in [-0.05, 0) is 55.3 Å². The predicted octanol–water partition coefficient (Wildman–Crippen LogP) is 2.88. The van der Waals surface area contributed by atoms with Crippen LogP contribution in [0.1, 0.15) is 52.4 Å². The molecule has 0 heterocycles. The maximum Gasteiger partial charge on any atom is 0.155 e. The second kappa shape index (κ2) is 4.75. The topological polar surface area (TPSA) is 49.3 Å². The summed E-state index contributed by atoms with van der Waals surface area (Å²) in [6.45, 7) is 4.99. The van der Waals surface area contributed by atoms with E-state index in [-0.39, 0.29) is 17.8 Å². The third kappa shape index (κ3) is 2.81. The van der Waals surface area contributed by atoms with Gasteiger partial charge in [0.25, 0.3) is 0 Å². The Hall–Kier alpha value is -0.0000000000000000486. The molecule has 0 aliphatic heterocycles. The molecule has 0 spiro atoms. The van der Waals surface area contributed by atoms with E-state index in [2.05, 4.69) is 19.2 Å². The van der Waals surface area contributed by atoms with Crippen molar-refractivity contribution in [2.75, 3.05) is 12.3 Å². The molecule has 3 nitrogen and oxygen atoms in total. The van der Waals surface area contributed by atoms with Crippen molar-refractivity contribution < 1.29 is 13.2 Å². The summed E-state index contributed by atoms with van der Waals surface area (Å²) in [6.07, 6.45) is 6.17. The summed E-state index contributed by atoms with van der Waals surface area (Å²) in [4.78, 5) is 0. The highest BCUT2D eigenvalue weighted by Crippen LogP contribution is 2.66. The van der Waals surface area contributed by atoms with Crippen molar-refractivity contribution in [3.8, 4) is 0 Å². The molecule has 4 saturated carbocycles. The Balaban J connectivity index is 1.68. The summed E-state index contributed by atoms with van der Waals surface area (Å²) >= 11 is -2.04. The van der Waals surface area contributed by atoms with Gasteiger partial charge in [0, 0.05) is 12.1 Å². The van der Waals surface area contributed by atoms with Gasteiger partial charge >= 0.3 is 0 Å². The molecule has 116 valence electrons. The maximum absolute atomic E-state index is 13.7. The molecule has 4 bridgehead atoms. The first-order chi connectivity index (χ1) is 9.22.